The Labute approximate surface area is 128 Å². The standard InChI is InChI=1S/C16H20INO/c1-3-5-7-14-16(15(19)6-4-2)12-10-11(17)8-9-13(12)18-14/h8-10,18H,3-7H2,1-2H3. The maximum absolute atomic E-state index is 12.4. The van der Waals surface area contributed by atoms with Crippen molar-refractivity contribution in [2.45, 2.75) is 46.0 Å². The van der Waals surface area contributed by atoms with Crippen LogP contribution in [-0.2, 0) is 6.42 Å². The molecule has 2 aromatic rings. The van der Waals surface area contributed by atoms with Gasteiger partial charge >= 0.3 is 0 Å². The molecule has 19 heavy (non-hydrogen) atoms. The molecule has 0 fully saturated rings. The average Bonchev–Trinajstić information content (AvgIpc) is 2.74. The summed E-state index contributed by atoms with van der Waals surface area (Å²) < 4.78 is 1.18. The number of carbonyl (C=O) groups is 1. The van der Waals surface area contributed by atoms with E-state index in [1.54, 1.807) is 0 Å². The van der Waals surface area contributed by atoms with Gasteiger partial charge in [-0.05, 0) is 60.1 Å². The normalized spacial score (nSPS) is 11.1. The molecule has 1 aromatic heterocycles. The van der Waals surface area contributed by atoms with E-state index in [4.69, 9.17) is 0 Å². The Balaban J connectivity index is 2.52. The maximum atomic E-state index is 12.4. The lowest BCUT2D eigenvalue weighted by Crippen LogP contribution is -2.02. The van der Waals surface area contributed by atoms with Crippen LogP contribution in [0.1, 0.15) is 55.6 Å². The second-order valence-electron chi connectivity index (χ2n) is 4.95. The molecule has 0 saturated heterocycles. The van der Waals surface area contributed by atoms with E-state index in [-0.39, 0.29) is 5.78 Å². The predicted octanol–water partition coefficient (Wildman–Crippen LogP) is 5.10. The molecule has 1 N–H and O–H groups in total. The first-order chi connectivity index (χ1) is 9.17. The van der Waals surface area contributed by atoms with Crippen molar-refractivity contribution in [3.63, 3.8) is 0 Å². The summed E-state index contributed by atoms with van der Waals surface area (Å²) in [5.41, 5.74) is 3.15. The third-order valence-corrected chi connectivity index (χ3v) is 4.05. The van der Waals surface area contributed by atoms with Crippen molar-refractivity contribution in [1.29, 1.82) is 0 Å². The molecule has 0 bridgehead atoms. The van der Waals surface area contributed by atoms with Crippen molar-refractivity contribution in [3.05, 3.63) is 33.0 Å². The predicted molar refractivity (Wildman–Crippen MR) is 88.9 cm³/mol. The Morgan fingerprint density at radius 3 is 2.74 bits per heavy atom. The topological polar surface area (TPSA) is 32.9 Å². The molecule has 0 radical (unpaired) electrons. The van der Waals surface area contributed by atoms with E-state index in [0.717, 1.165) is 47.8 Å². The minimum atomic E-state index is 0.279. The average molecular weight is 369 g/mol. The van der Waals surface area contributed by atoms with Crippen molar-refractivity contribution in [2.75, 3.05) is 0 Å². The highest BCUT2D eigenvalue weighted by atomic mass is 127. The lowest BCUT2D eigenvalue weighted by molar-refractivity contribution is 0.0982. The van der Waals surface area contributed by atoms with Crippen LogP contribution in [0.2, 0.25) is 0 Å². The van der Waals surface area contributed by atoms with Crippen molar-refractivity contribution in [2.24, 2.45) is 0 Å². The van der Waals surface area contributed by atoms with E-state index in [9.17, 15) is 4.79 Å². The van der Waals surface area contributed by atoms with Gasteiger partial charge in [0.1, 0.15) is 0 Å². The van der Waals surface area contributed by atoms with Gasteiger partial charge in [-0.2, -0.15) is 0 Å². The van der Waals surface area contributed by atoms with E-state index in [2.05, 4.69) is 59.6 Å². The van der Waals surface area contributed by atoms with Crippen molar-refractivity contribution >= 4 is 39.3 Å². The van der Waals surface area contributed by atoms with Crippen LogP contribution in [0.25, 0.3) is 10.9 Å². The van der Waals surface area contributed by atoms with Gasteiger partial charge in [0.25, 0.3) is 0 Å². The summed E-state index contributed by atoms with van der Waals surface area (Å²) in [6, 6.07) is 6.27. The van der Waals surface area contributed by atoms with Crippen molar-refractivity contribution in [1.82, 2.24) is 4.98 Å². The lowest BCUT2D eigenvalue weighted by Gasteiger charge is -2.03. The molecular weight excluding hydrogens is 349 g/mol. The van der Waals surface area contributed by atoms with Gasteiger partial charge in [0, 0.05) is 32.2 Å². The third-order valence-electron chi connectivity index (χ3n) is 3.37. The Hall–Kier alpha value is -0.840. The number of nitrogens with one attached hydrogen (secondary N) is 1. The van der Waals surface area contributed by atoms with E-state index in [0.29, 0.717) is 6.42 Å². The number of aryl methyl sites for hydroxylation is 1. The lowest BCUT2D eigenvalue weighted by atomic mass is 10.0. The molecule has 1 aromatic carbocycles. The number of aromatic amines is 1. The minimum Gasteiger partial charge on any atom is -0.358 e. The molecule has 102 valence electrons. The van der Waals surface area contributed by atoms with Crippen LogP contribution >= 0.6 is 22.6 Å². The molecule has 0 spiro atoms. The number of hydrogen-bond acceptors (Lipinski definition) is 1. The van der Waals surface area contributed by atoms with Gasteiger partial charge in [-0.25, -0.2) is 0 Å². The molecule has 0 aliphatic carbocycles. The second kappa shape index (κ2) is 6.55. The molecule has 1 heterocycles. The number of carbonyl (C=O) groups excluding carboxylic acids is 1. The van der Waals surface area contributed by atoms with Crippen LogP contribution in [0.3, 0.4) is 0 Å². The molecule has 2 rings (SSSR count). The number of fused-ring (bicyclic) bond motifs is 1. The van der Waals surface area contributed by atoms with Gasteiger partial charge in [-0.15, -0.1) is 0 Å². The summed E-state index contributed by atoms with van der Waals surface area (Å²) in [5, 5.41) is 1.09. The second-order valence-corrected chi connectivity index (χ2v) is 6.19. The maximum Gasteiger partial charge on any atom is 0.165 e. The molecule has 0 aliphatic heterocycles. The van der Waals surface area contributed by atoms with E-state index < -0.39 is 0 Å². The van der Waals surface area contributed by atoms with Crippen LogP contribution in [0.4, 0.5) is 0 Å². The molecule has 0 saturated carbocycles. The van der Waals surface area contributed by atoms with Crippen LogP contribution in [0.5, 0.6) is 0 Å². The molecule has 0 aliphatic rings. The number of rotatable bonds is 6. The number of H-pyrrole nitrogens is 1. The Kier molecular flexibility index (Phi) is 5.02. The third kappa shape index (κ3) is 3.19. The van der Waals surface area contributed by atoms with E-state index in [1.165, 1.54) is 3.57 Å². The van der Waals surface area contributed by atoms with Crippen LogP contribution in [0, 0.1) is 3.57 Å². The largest absolute Gasteiger partial charge is 0.358 e. The van der Waals surface area contributed by atoms with E-state index in [1.807, 2.05) is 0 Å². The van der Waals surface area contributed by atoms with E-state index >= 15 is 0 Å². The van der Waals surface area contributed by atoms with Crippen LogP contribution in [-0.4, -0.2) is 10.8 Å². The number of benzene rings is 1. The zero-order valence-corrected chi connectivity index (χ0v) is 13.7. The van der Waals surface area contributed by atoms with Crippen LogP contribution in [0.15, 0.2) is 18.2 Å². The van der Waals surface area contributed by atoms with Crippen molar-refractivity contribution < 1.29 is 4.79 Å². The number of aromatic nitrogens is 1. The summed E-state index contributed by atoms with van der Waals surface area (Å²) in [4.78, 5) is 15.8. The van der Waals surface area contributed by atoms with Gasteiger partial charge in [-0.1, -0.05) is 20.3 Å². The molecular formula is C16H20INO. The monoisotopic (exact) mass is 369 g/mol. The van der Waals surface area contributed by atoms with Crippen molar-refractivity contribution in [3.8, 4) is 0 Å². The smallest absolute Gasteiger partial charge is 0.165 e. The number of unbranched alkanes of at least 4 members (excludes halogenated alkanes) is 1. The summed E-state index contributed by atoms with van der Waals surface area (Å²) in [7, 11) is 0. The van der Waals surface area contributed by atoms with Gasteiger partial charge in [-0.3, -0.25) is 4.79 Å². The molecule has 0 atom stereocenters. The fourth-order valence-electron chi connectivity index (χ4n) is 2.43. The Bertz CT molecular complexity index is 586. The fourth-order valence-corrected chi connectivity index (χ4v) is 2.92. The highest BCUT2D eigenvalue weighted by Crippen LogP contribution is 2.27. The SMILES string of the molecule is CCCCc1[nH]c2ccc(I)cc2c1C(=O)CCC. The zero-order valence-electron chi connectivity index (χ0n) is 11.6. The number of halogens is 1. The summed E-state index contributed by atoms with van der Waals surface area (Å²) >= 11 is 2.30. The number of Topliss-reactive ketones (excluding diaryl/α,β-unsaturated/α-hetero) is 1. The van der Waals surface area contributed by atoms with Crippen LogP contribution < -0.4 is 0 Å². The quantitative estimate of drug-likeness (QED) is 0.558. The summed E-state index contributed by atoms with van der Waals surface area (Å²) in [6.45, 7) is 4.24. The number of hydrogen-bond donors (Lipinski definition) is 1. The van der Waals surface area contributed by atoms with Gasteiger partial charge in [0.05, 0.1) is 0 Å². The highest BCUT2D eigenvalue weighted by Gasteiger charge is 2.17. The molecule has 2 nitrogen and oxygen atoms in total. The molecule has 3 heteroatoms. The minimum absolute atomic E-state index is 0.279. The summed E-state index contributed by atoms with van der Waals surface area (Å²) in [6.07, 6.45) is 4.78. The Morgan fingerprint density at radius 1 is 1.26 bits per heavy atom. The fraction of sp³-hybridized carbons (Fsp3) is 0.438. The first-order valence-electron chi connectivity index (χ1n) is 7.00. The summed E-state index contributed by atoms with van der Waals surface area (Å²) in [5.74, 6) is 0.279. The zero-order chi connectivity index (χ0) is 13.8. The number of ketones is 1. The highest BCUT2D eigenvalue weighted by molar-refractivity contribution is 14.1. The first-order valence-corrected chi connectivity index (χ1v) is 8.08. The molecule has 0 unspecified atom stereocenters. The van der Waals surface area contributed by atoms with Gasteiger partial charge in [0.2, 0.25) is 0 Å². The Morgan fingerprint density at radius 2 is 2.05 bits per heavy atom. The van der Waals surface area contributed by atoms with Gasteiger partial charge in [0.15, 0.2) is 5.78 Å². The van der Waals surface area contributed by atoms with Gasteiger partial charge < -0.3 is 4.98 Å². The molecule has 0 amide bonds. The first kappa shape index (κ1) is 14.6.